The van der Waals surface area contributed by atoms with E-state index in [1.807, 2.05) is 31.4 Å². The zero-order chi connectivity index (χ0) is 24.8. The number of ether oxygens (including phenoxy) is 1. The summed E-state index contributed by atoms with van der Waals surface area (Å²) in [5.74, 6) is 0.102. The number of benzene rings is 1. The molecule has 0 saturated heterocycles. The van der Waals surface area contributed by atoms with Crippen LogP contribution >= 0.6 is 0 Å². The smallest absolute Gasteiger partial charge is 0.281 e. The number of carbonyl (C=O) groups is 1. The normalized spacial score (nSPS) is 12.2. The predicted molar refractivity (Wildman–Crippen MR) is 137 cm³/mol. The number of carbonyl (C=O) groups excluding carboxylic acids is 1. The third-order valence-electron chi connectivity index (χ3n) is 5.17. The van der Waals surface area contributed by atoms with Gasteiger partial charge in [0.15, 0.2) is 0 Å². The molecule has 9 nitrogen and oxygen atoms in total. The van der Waals surface area contributed by atoms with E-state index in [2.05, 4.69) is 27.2 Å². The number of anilines is 2. The number of pyridine rings is 1. The van der Waals surface area contributed by atoms with Crippen molar-refractivity contribution in [1.29, 1.82) is 0 Å². The molecule has 2 heterocycles. The molecule has 2 aromatic heterocycles. The van der Waals surface area contributed by atoms with Crippen molar-refractivity contribution in [2.45, 2.75) is 33.2 Å². The van der Waals surface area contributed by atoms with E-state index in [1.165, 1.54) is 10.6 Å². The SMILES string of the molecule is C=CC(=O)Nc1cccc(-n2cc(N/C(=C/CC)C(=NC)OC)c3ncn(C(C)C)c3c2=O)c1. The standard InChI is InChI=1S/C25H30N6O3/c1-7-10-19(24(26-5)34-6)29-20-14-30(18-12-9-11-17(13-18)28-21(32)8-2)25(33)23-22(20)27-15-31(23)16(3)4/h8-16,29H,2,7H2,1,3-6H3,(H,28,32)/b19-10+,26-24?. The highest BCUT2D eigenvalue weighted by atomic mass is 16.5. The zero-order valence-corrected chi connectivity index (χ0v) is 20.1. The van der Waals surface area contributed by atoms with Crippen LogP contribution in [0.3, 0.4) is 0 Å². The number of fused-ring (bicyclic) bond motifs is 1. The van der Waals surface area contributed by atoms with Crippen LogP contribution in [0.15, 0.2) is 71.0 Å². The lowest BCUT2D eigenvalue weighted by molar-refractivity contribution is -0.111. The first-order valence-corrected chi connectivity index (χ1v) is 11.0. The Labute approximate surface area is 198 Å². The lowest BCUT2D eigenvalue weighted by atomic mass is 10.2. The molecule has 34 heavy (non-hydrogen) atoms. The first-order chi connectivity index (χ1) is 16.3. The fraction of sp³-hybridized carbons (Fsp3) is 0.280. The number of hydrogen-bond donors (Lipinski definition) is 2. The third kappa shape index (κ3) is 4.93. The van der Waals surface area contributed by atoms with Crippen LogP contribution in [0.4, 0.5) is 11.4 Å². The summed E-state index contributed by atoms with van der Waals surface area (Å²) in [6.45, 7) is 9.47. The molecule has 0 spiro atoms. The second-order valence-corrected chi connectivity index (χ2v) is 7.79. The van der Waals surface area contributed by atoms with Crippen LogP contribution in [-0.4, -0.2) is 40.1 Å². The molecule has 0 aliphatic rings. The lowest BCUT2D eigenvalue weighted by Crippen LogP contribution is -2.23. The fourth-order valence-electron chi connectivity index (χ4n) is 3.60. The molecule has 1 aromatic carbocycles. The van der Waals surface area contributed by atoms with E-state index >= 15 is 0 Å². The Kier molecular flexibility index (Phi) is 7.68. The number of imidazole rings is 1. The maximum absolute atomic E-state index is 13.6. The molecule has 178 valence electrons. The molecule has 3 aromatic rings. The molecule has 3 rings (SSSR count). The average molecular weight is 463 g/mol. The molecule has 2 N–H and O–H groups in total. The predicted octanol–water partition coefficient (Wildman–Crippen LogP) is 4.27. The molecule has 0 unspecified atom stereocenters. The Morgan fingerprint density at radius 1 is 1.32 bits per heavy atom. The van der Waals surface area contributed by atoms with Gasteiger partial charge in [0.1, 0.15) is 11.0 Å². The first kappa shape index (κ1) is 24.5. The Hall–Kier alpha value is -4.14. The molecule has 0 atom stereocenters. The first-order valence-electron chi connectivity index (χ1n) is 11.0. The lowest BCUT2D eigenvalue weighted by Gasteiger charge is -2.16. The van der Waals surface area contributed by atoms with Gasteiger partial charge in [-0.1, -0.05) is 25.6 Å². The summed E-state index contributed by atoms with van der Waals surface area (Å²) < 4.78 is 8.80. The van der Waals surface area contributed by atoms with Crippen molar-refractivity contribution >= 4 is 34.2 Å². The summed E-state index contributed by atoms with van der Waals surface area (Å²) in [4.78, 5) is 34.1. The molecular weight excluding hydrogens is 432 g/mol. The van der Waals surface area contributed by atoms with Gasteiger partial charge >= 0.3 is 0 Å². The van der Waals surface area contributed by atoms with Gasteiger partial charge in [-0.25, -0.2) is 4.98 Å². The molecule has 0 radical (unpaired) electrons. The highest BCUT2D eigenvalue weighted by Gasteiger charge is 2.19. The van der Waals surface area contributed by atoms with Crippen LogP contribution in [-0.2, 0) is 9.53 Å². The summed E-state index contributed by atoms with van der Waals surface area (Å²) in [5, 5.41) is 6.09. The van der Waals surface area contributed by atoms with Gasteiger partial charge in [0, 0.05) is 25.0 Å². The van der Waals surface area contributed by atoms with E-state index in [9.17, 15) is 9.59 Å². The molecule has 0 fully saturated rings. The molecule has 0 saturated carbocycles. The summed E-state index contributed by atoms with van der Waals surface area (Å²) in [7, 11) is 3.21. The van der Waals surface area contributed by atoms with Crippen molar-refractivity contribution < 1.29 is 9.53 Å². The summed E-state index contributed by atoms with van der Waals surface area (Å²) >= 11 is 0. The van der Waals surface area contributed by atoms with Gasteiger partial charge in [-0.3, -0.25) is 19.1 Å². The van der Waals surface area contributed by atoms with Gasteiger partial charge in [0.05, 0.1) is 30.5 Å². The molecule has 0 aliphatic carbocycles. The van der Waals surface area contributed by atoms with Gasteiger partial charge in [0.25, 0.3) is 5.56 Å². The largest absolute Gasteiger partial charge is 0.480 e. The number of aliphatic imine (C=N–C) groups is 1. The van der Waals surface area contributed by atoms with Crippen molar-refractivity contribution in [2.75, 3.05) is 24.8 Å². The number of hydrogen-bond acceptors (Lipinski definition) is 6. The topological polar surface area (TPSA) is 103 Å². The second-order valence-electron chi connectivity index (χ2n) is 7.79. The van der Waals surface area contributed by atoms with Crippen molar-refractivity contribution in [3.63, 3.8) is 0 Å². The molecule has 0 bridgehead atoms. The van der Waals surface area contributed by atoms with Crippen molar-refractivity contribution in [3.05, 3.63) is 71.6 Å². The van der Waals surface area contributed by atoms with Gasteiger partial charge in [0.2, 0.25) is 11.8 Å². The van der Waals surface area contributed by atoms with E-state index in [0.29, 0.717) is 39.7 Å². The summed E-state index contributed by atoms with van der Waals surface area (Å²) in [5.41, 5.74) is 3.20. The third-order valence-corrected chi connectivity index (χ3v) is 5.17. The van der Waals surface area contributed by atoms with E-state index in [-0.39, 0.29) is 17.5 Å². The zero-order valence-electron chi connectivity index (χ0n) is 20.1. The minimum Gasteiger partial charge on any atom is -0.480 e. The molecule has 0 aliphatic heterocycles. The quantitative estimate of drug-likeness (QED) is 0.296. The minimum absolute atomic E-state index is 0.0250. The van der Waals surface area contributed by atoms with E-state index in [0.717, 1.165) is 6.42 Å². The average Bonchev–Trinajstić information content (AvgIpc) is 3.28. The van der Waals surface area contributed by atoms with E-state index < -0.39 is 0 Å². The monoisotopic (exact) mass is 462 g/mol. The number of aromatic nitrogens is 3. The van der Waals surface area contributed by atoms with Crippen LogP contribution in [0.2, 0.25) is 0 Å². The Morgan fingerprint density at radius 2 is 2.09 bits per heavy atom. The number of methoxy groups -OCH3 is 1. The fourth-order valence-corrected chi connectivity index (χ4v) is 3.60. The Bertz CT molecular complexity index is 1330. The number of allylic oxidation sites excluding steroid dienone is 1. The van der Waals surface area contributed by atoms with Crippen LogP contribution in [0.25, 0.3) is 16.7 Å². The van der Waals surface area contributed by atoms with Crippen molar-refractivity contribution in [1.82, 2.24) is 14.1 Å². The molecule has 9 heteroatoms. The van der Waals surface area contributed by atoms with Crippen LogP contribution in [0, 0.1) is 0 Å². The Morgan fingerprint density at radius 3 is 2.71 bits per heavy atom. The minimum atomic E-state index is -0.333. The Balaban J connectivity index is 2.25. The highest BCUT2D eigenvalue weighted by molar-refractivity contribution is 6.00. The van der Waals surface area contributed by atoms with Crippen molar-refractivity contribution in [2.24, 2.45) is 4.99 Å². The molecular formula is C25H30N6O3. The van der Waals surface area contributed by atoms with Gasteiger partial charge < -0.3 is 19.9 Å². The van der Waals surface area contributed by atoms with E-state index in [1.54, 1.807) is 50.9 Å². The molecule has 1 amide bonds. The maximum atomic E-state index is 13.6. The van der Waals surface area contributed by atoms with Gasteiger partial charge in [-0.15, -0.1) is 0 Å². The van der Waals surface area contributed by atoms with Crippen molar-refractivity contribution in [3.8, 4) is 5.69 Å². The van der Waals surface area contributed by atoms with E-state index in [4.69, 9.17) is 4.74 Å². The van der Waals surface area contributed by atoms with Crippen LogP contribution in [0.5, 0.6) is 0 Å². The number of nitrogens with one attached hydrogen (secondary N) is 2. The summed E-state index contributed by atoms with van der Waals surface area (Å²) in [6.07, 6.45) is 7.26. The maximum Gasteiger partial charge on any atom is 0.281 e. The number of amides is 1. The number of rotatable bonds is 8. The second kappa shape index (κ2) is 10.7. The van der Waals surface area contributed by atoms with Crippen LogP contribution in [0.1, 0.15) is 33.2 Å². The summed E-state index contributed by atoms with van der Waals surface area (Å²) in [6, 6.07) is 7.07. The number of nitrogens with zero attached hydrogens (tertiary/aromatic N) is 4. The highest BCUT2D eigenvalue weighted by Crippen LogP contribution is 2.25. The van der Waals surface area contributed by atoms with Gasteiger partial charge in [-0.05, 0) is 44.5 Å². The van der Waals surface area contributed by atoms with Gasteiger partial charge in [-0.2, -0.15) is 0 Å². The van der Waals surface area contributed by atoms with Crippen LogP contribution < -0.4 is 16.2 Å².